The number of halogens is 3. The maximum absolute atomic E-state index is 12.9. The van der Waals surface area contributed by atoms with Gasteiger partial charge in [0, 0.05) is 31.2 Å². The van der Waals surface area contributed by atoms with Crippen LogP contribution < -0.4 is 5.56 Å². The fourth-order valence-electron chi connectivity index (χ4n) is 3.40. The highest BCUT2D eigenvalue weighted by atomic mass is 35.5. The van der Waals surface area contributed by atoms with Crippen LogP contribution in [0.2, 0.25) is 15.1 Å². The predicted molar refractivity (Wildman–Crippen MR) is 118 cm³/mol. The number of nitrogens with one attached hydrogen (secondary N) is 1. The molecule has 2 heterocycles. The smallest absolute Gasteiger partial charge is 0.258 e. The van der Waals surface area contributed by atoms with Gasteiger partial charge in [0.2, 0.25) is 10.0 Å². The Balaban J connectivity index is 1.47. The summed E-state index contributed by atoms with van der Waals surface area (Å²) in [6.45, 7) is 1.95. The zero-order valence-electron chi connectivity index (χ0n) is 15.6. The van der Waals surface area contributed by atoms with Gasteiger partial charge in [-0.2, -0.15) is 4.31 Å². The number of nitrogens with zero attached hydrogens (tertiary/aromatic N) is 3. The van der Waals surface area contributed by atoms with E-state index in [-0.39, 0.29) is 20.5 Å². The van der Waals surface area contributed by atoms with Gasteiger partial charge in [0.25, 0.3) is 5.56 Å². The number of aromatic amines is 1. The van der Waals surface area contributed by atoms with Crippen molar-refractivity contribution < 1.29 is 8.42 Å². The summed E-state index contributed by atoms with van der Waals surface area (Å²) < 4.78 is 27.3. The number of hydrogen-bond acceptors (Lipinski definition) is 5. The Morgan fingerprint density at radius 3 is 2.50 bits per heavy atom. The Morgan fingerprint density at radius 2 is 1.77 bits per heavy atom. The molecule has 0 aliphatic carbocycles. The van der Waals surface area contributed by atoms with E-state index in [4.69, 9.17) is 34.8 Å². The number of rotatable bonds is 4. The highest BCUT2D eigenvalue weighted by molar-refractivity contribution is 7.89. The Kier molecular flexibility index (Phi) is 6.07. The van der Waals surface area contributed by atoms with Crippen molar-refractivity contribution in [2.75, 3.05) is 26.2 Å². The standard InChI is InChI=1S/C19H17Cl3N4O3S/c20-12-4-5-15-13(10-12)19(27)24-17(23-15)11-25-6-8-26(9-7-25)30(28,29)16-3-1-2-14(21)18(16)22/h1-5,10H,6-9,11H2,(H,23,24,27). The first-order valence-electron chi connectivity index (χ1n) is 9.11. The molecule has 3 aromatic rings. The van der Waals surface area contributed by atoms with Gasteiger partial charge in [0.05, 0.1) is 27.5 Å². The second-order valence-electron chi connectivity index (χ2n) is 6.91. The van der Waals surface area contributed by atoms with Crippen molar-refractivity contribution in [2.24, 2.45) is 0 Å². The van der Waals surface area contributed by atoms with Crippen molar-refractivity contribution in [3.05, 3.63) is 67.6 Å². The number of hydrogen-bond donors (Lipinski definition) is 1. The summed E-state index contributed by atoms with van der Waals surface area (Å²) >= 11 is 18.0. The summed E-state index contributed by atoms with van der Waals surface area (Å²) in [4.78, 5) is 21.6. The van der Waals surface area contributed by atoms with Gasteiger partial charge in [-0.1, -0.05) is 40.9 Å². The third kappa shape index (κ3) is 4.21. The van der Waals surface area contributed by atoms with Crippen LogP contribution in [0.5, 0.6) is 0 Å². The van der Waals surface area contributed by atoms with Crippen LogP contribution in [0.3, 0.4) is 0 Å². The van der Waals surface area contributed by atoms with Crippen LogP contribution in [0.4, 0.5) is 0 Å². The van der Waals surface area contributed by atoms with Gasteiger partial charge in [0.1, 0.15) is 10.7 Å². The first-order valence-corrected chi connectivity index (χ1v) is 11.7. The molecule has 0 bridgehead atoms. The number of aromatic nitrogens is 2. The lowest BCUT2D eigenvalue weighted by atomic mass is 10.2. The number of piperazine rings is 1. The largest absolute Gasteiger partial charge is 0.309 e. The van der Waals surface area contributed by atoms with Gasteiger partial charge in [-0.15, -0.1) is 0 Å². The zero-order chi connectivity index (χ0) is 21.5. The molecule has 1 aromatic heterocycles. The minimum atomic E-state index is -3.75. The first kappa shape index (κ1) is 21.5. The van der Waals surface area contributed by atoms with Crippen LogP contribution in [-0.4, -0.2) is 53.8 Å². The Morgan fingerprint density at radius 1 is 1.03 bits per heavy atom. The van der Waals surface area contributed by atoms with Gasteiger partial charge >= 0.3 is 0 Å². The molecule has 0 amide bonds. The zero-order valence-corrected chi connectivity index (χ0v) is 18.7. The van der Waals surface area contributed by atoms with E-state index in [0.29, 0.717) is 54.5 Å². The molecule has 1 aliphatic heterocycles. The van der Waals surface area contributed by atoms with Gasteiger partial charge < -0.3 is 4.98 Å². The fraction of sp³-hybridized carbons (Fsp3) is 0.263. The topological polar surface area (TPSA) is 86.4 Å². The van der Waals surface area contributed by atoms with Crippen molar-refractivity contribution in [2.45, 2.75) is 11.4 Å². The van der Waals surface area contributed by atoms with E-state index in [9.17, 15) is 13.2 Å². The van der Waals surface area contributed by atoms with E-state index in [1.807, 2.05) is 4.90 Å². The van der Waals surface area contributed by atoms with Crippen LogP contribution in [0.1, 0.15) is 5.82 Å². The van der Waals surface area contributed by atoms with Crippen molar-refractivity contribution in [1.29, 1.82) is 0 Å². The second-order valence-corrected chi connectivity index (χ2v) is 10.0. The van der Waals surface area contributed by atoms with Crippen LogP contribution in [0.25, 0.3) is 10.9 Å². The minimum absolute atomic E-state index is 0.00398. The van der Waals surface area contributed by atoms with E-state index < -0.39 is 10.0 Å². The molecule has 1 N–H and O–H groups in total. The summed E-state index contributed by atoms with van der Waals surface area (Å²) in [5, 5.41) is 1.13. The summed E-state index contributed by atoms with van der Waals surface area (Å²) in [7, 11) is -3.75. The molecule has 0 unspecified atom stereocenters. The molecule has 30 heavy (non-hydrogen) atoms. The highest BCUT2D eigenvalue weighted by Gasteiger charge is 2.30. The molecule has 7 nitrogen and oxygen atoms in total. The van der Waals surface area contributed by atoms with E-state index >= 15 is 0 Å². The number of sulfonamides is 1. The molecule has 1 saturated heterocycles. The average Bonchev–Trinajstić information content (AvgIpc) is 2.71. The second kappa shape index (κ2) is 8.45. The van der Waals surface area contributed by atoms with Crippen molar-refractivity contribution in [1.82, 2.24) is 19.2 Å². The van der Waals surface area contributed by atoms with Crippen LogP contribution in [-0.2, 0) is 16.6 Å². The number of fused-ring (bicyclic) bond motifs is 1. The first-order chi connectivity index (χ1) is 14.3. The van der Waals surface area contributed by atoms with Crippen molar-refractivity contribution in [3.63, 3.8) is 0 Å². The average molecular weight is 488 g/mol. The third-order valence-electron chi connectivity index (χ3n) is 4.96. The van der Waals surface area contributed by atoms with E-state index in [1.165, 1.54) is 10.4 Å². The maximum atomic E-state index is 12.9. The van der Waals surface area contributed by atoms with Crippen LogP contribution >= 0.6 is 34.8 Å². The lowest BCUT2D eigenvalue weighted by Gasteiger charge is -2.33. The van der Waals surface area contributed by atoms with E-state index in [2.05, 4.69) is 9.97 Å². The molecular formula is C19H17Cl3N4O3S. The SMILES string of the molecule is O=c1[nH]c(CN2CCN(S(=O)(=O)c3cccc(Cl)c3Cl)CC2)nc2ccc(Cl)cc12. The van der Waals surface area contributed by atoms with Crippen molar-refractivity contribution in [3.8, 4) is 0 Å². The van der Waals surface area contributed by atoms with Crippen LogP contribution in [0, 0.1) is 0 Å². The quantitative estimate of drug-likeness (QED) is 0.610. The third-order valence-corrected chi connectivity index (χ3v) is 8.06. The summed E-state index contributed by atoms with van der Waals surface area (Å²) in [6.07, 6.45) is 0. The fourth-order valence-corrected chi connectivity index (χ4v) is 5.73. The monoisotopic (exact) mass is 486 g/mol. The molecule has 11 heteroatoms. The molecular weight excluding hydrogens is 471 g/mol. The molecule has 4 rings (SSSR count). The van der Waals surface area contributed by atoms with E-state index in [1.54, 1.807) is 30.3 Å². The normalized spacial score (nSPS) is 16.2. The van der Waals surface area contributed by atoms with Gasteiger partial charge in [-0.05, 0) is 30.3 Å². The van der Waals surface area contributed by atoms with Gasteiger partial charge in [-0.25, -0.2) is 13.4 Å². The summed E-state index contributed by atoms with van der Waals surface area (Å²) in [5.74, 6) is 0.518. The lowest BCUT2D eigenvalue weighted by Crippen LogP contribution is -2.48. The number of benzene rings is 2. The molecule has 0 spiro atoms. The Bertz CT molecular complexity index is 1270. The number of H-pyrrole nitrogens is 1. The molecule has 1 fully saturated rings. The molecule has 2 aromatic carbocycles. The summed E-state index contributed by atoms with van der Waals surface area (Å²) in [6, 6.07) is 9.53. The lowest BCUT2D eigenvalue weighted by molar-refractivity contribution is 0.178. The van der Waals surface area contributed by atoms with Gasteiger partial charge in [0.15, 0.2) is 0 Å². The highest BCUT2D eigenvalue weighted by Crippen LogP contribution is 2.31. The molecule has 0 radical (unpaired) electrons. The van der Waals surface area contributed by atoms with Gasteiger partial charge in [-0.3, -0.25) is 9.69 Å². The van der Waals surface area contributed by atoms with Crippen LogP contribution in [0.15, 0.2) is 46.1 Å². The van der Waals surface area contributed by atoms with E-state index in [0.717, 1.165) is 0 Å². The Labute approximate surface area is 188 Å². The molecule has 0 saturated carbocycles. The Hall–Kier alpha value is -1.68. The van der Waals surface area contributed by atoms with Crippen molar-refractivity contribution >= 4 is 55.7 Å². The maximum Gasteiger partial charge on any atom is 0.258 e. The summed E-state index contributed by atoms with van der Waals surface area (Å²) in [5.41, 5.74) is 0.310. The minimum Gasteiger partial charge on any atom is -0.309 e. The molecule has 0 atom stereocenters. The molecule has 158 valence electrons. The predicted octanol–water partition coefficient (Wildman–Crippen LogP) is 3.39. The molecule has 1 aliphatic rings.